The lowest BCUT2D eigenvalue weighted by Crippen LogP contribution is -2.27. The van der Waals surface area contributed by atoms with Gasteiger partial charge in [-0.1, -0.05) is 39.0 Å². The number of thiazole rings is 1. The number of carbonyl (C=O) groups is 1. The molecule has 1 rings (SSSR count). The summed E-state index contributed by atoms with van der Waals surface area (Å²) in [6.45, 7) is 12.2. The van der Waals surface area contributed by atoms with Gasteiger partial charge in [0.15, 0.2) is 5.13 Å². The molecule has 4 nitrogen and oxygen atoms in total. The molecule has 1 aromatic heterocycles. The van der Waals surface area contributed by atoms with Crippen LogP contribution in [0.4, 0.5) is 5.13 Å². The van der Waals surface area contributed by atoms with Crippen molar-refractivity contribution in [2.75, 3.05) is 18.0 Å². The fraction of sp³-hybridized carbons (Fsp3) is 0.714. The summed E-state index contributed by atoms with van der Waals surface area (Å²) < 4.78 is 0. The van der Waals surface area contributed by atoms with Crippen molar-refractivity contribution in [2.45, 2.75) is 47.0 Å². The number of aromatic carboxylic acids is 1. The molecule has 108 valence electrons. The summed E-state index contributed by atoms with van der Waals surface area (Å²) in [5.41, 5.74) is 0.734. The Morgan fingerprint density at radius 2 is 2.00 bits per heavy atom. The van der Waals surface area contributed by atoms with Crippen molar-refractivity contribution in [1.29, 1.82) is 0 Å². The highest BCUT2D eigenvalue weighted by Gasteiger charge is 2.23. The molecule has 0 aliphatic carbocycles. The van der Waals surface area contributed by atoms with Gasteiger partial charge in [0.25, 0.3) is 0 Å². The van der Waals surface area contributed by atoms with Gasteiger partial charge in [0.1, 0.15) is 4.88 Å². The average molecular weight is 284 g/mol. The molecule has 0 radical (unpaired) electrons. The van der Waals surface area contributed by atoms with Crippen LogP contribution in [0.5, 0.6) is 0 Å². The van der Waals surface area contributed by atoms with E-state index in [0.717, 1.165) is 30.3 Å². The van der Waals surface area contributed by atoms with Crippen LogP contribution in [0.3, 0.4) is 0 Å². The largest absolute Gasteiger partial charge is 0.477 e. The van der Waals surface area contributed by atoms with Crippen LogP contribution in [0, 0.1) is 5.92 Å². The molecule has 0 aliphatic rings. The van der Waals surface area contributed by atoms with Gasteiger partial charge < -0.3 is 10.0 Å². The maximum absolute atomic E-state index is 11.3. The quantitative estimate of drug-likeness (QED) is 0.826. The first-order chi connectivity index (χ1) is 8.90. The van der Waals surface area contributed by atoms with Gasteiger partial charge in [-0.2, -0.15) is 0 Å². The third-order valence-electron chi connectivity index (χ3n) is 3.15. The van der Waals surface area contributed by atoms with Crippen LogP contribution < -0.4 is 4.90 Å². The van der Waals surface area contributed by atoms with Crippen LogP contribution in [0.2, 0.25) is 0 Å². The molecule has 0 saturated carbocycles. The summed E-state index contributed by atoms with van der Waals surface area (Å²) in [5.74, 6) is -0.141. The second-order valence-corrected chi connectivity index (χ2v) is 6.24. The number of rotatable bonds is 7. The van der Waals surface area contributed by atoms with Crippen molar-refractivity contribution in [3.05, 3.63) is 10.6 Å². The molecule has 5 heteroatoms. The number of nitrogens with zero attached hydrogens (tertiary/aromatic N) is 2. The molecule has 1 heterocycles. The van der Waals surface area contributed by atoms with E-state index in [1.54, 1.807) is 0 Å². The van der Waals surface area contributed by atoms with Crippen molar-refractivity contribution in [3.63, 3.8) is 0 Å². The lowest BCUT2D eigenvalue weighted by Gasteiger charge is -2.21. The Bertz CT molecular complexity index is 429. The van der Waals surface area contributed by atoms with Gasteiger partial charge in [0.05, 0.1) is 5.69 Å². The molecule has 0 spiro atoms. The van der Waals surface area contributed by atoms with E-state index in [1.807, 2.05) is 6.92 Å². The van der Waals surface area contributed by atoms with E-state index in [2.05, 4.69) is 37.6 Å². The van der Waals surface area contributed by atoms with E-state index in [1.165, 1.54) is 11.3 Å². The van der Waals surface area contributed by atoms with Crippen molar-refractivity contribution >= 4 is 22.4 Å². The van der Waals surface area contributed by atoms with E-state index in [-0.39, 0.29) is 5.92 Å². The number of carboxylic acids is 1. The number of hydrogen-bond acceptors (Lipinski definition) is 4. The lowest BCUT2D eigenvalue weighted by molar-refractivity contribution is 0.0700. The molecule has 0 amide bonds. The van der Waals surface area contributed by atoms with Gasteiger partial charge in [-0.25, -0.2) is 9.78 Å². The molecular formula is C14H24N2O2S. The lowest BCUT2D eigenvalue weighted by atomic mass is 10.0. The average Bonchev–Trinajstić information content (AvgIpc) is 2.79. The van der Waals surface area contributed by atoms with Gasteiger partial charge >= 0.3 is 5.97 Å². The molecule has 1 unspecified atom stereocenters. The van der Waals surface area contributed by atoms with Crippen LogP contribution in [0.15, 0.2) is 0 Å². The zero-order valence-corrected chi connectivity index (χ0v) is 13.3. The van der Waals surface area contributed by atoms with Crippen LogP contribution >= 0.6 is 11.3 Å². The molecular weight excluding hydrogens is 260 g/mol. The Kier molecular flexibility index (Phi) is 5.79. The van der Waals surface area contributed by atoms with E-state index in [0.29, 0.717) is 10.8 Å². The standard InChI is InChI=1S/C14H24N2O2S/c1-6-10(5)11-12(13(17)18)19-14(15-11)16(7-2)8-9(3)4/h9-10H,6-8H2,1-5H3,(H,17,18). The minimum atomic E-state index is -0.861. The highest BCUT2D eigenvalue weighted by atomic mass is 32.1. The summed E-state index contributed by atoms with van der Waals surface area (Å²) in [4.78, 5) is 18.5. The van der Waals surface area contributed by atoms with Gasteiger partial charge in [-0.3, -0.25) is 0 Å². The summed E-state index contributed by atoms with van der Waals surface area (Å²) in [6, 6.07) is 0. The van der Waals surface area contributed by atoms with Crippen LogP contribution in [0.1, 0.15) is 62.3 Å². The van der Waals surface area contributed by atoms with E-state index >= 15 is 0 Å². The Morgan fingerprint density at radius 3 is 2.42 bits per heavy atom. The SMILES string of the molecule is CCC(C)c1nc(N(CC)CC(C)C)sc1C(=O)O. The maximum Gasteiger partial charge on any atom is 0.347 e. The summed E-state index contributed by atoms with van der Waals surface area (Å²) in [5, 5.41) is 10.1. The molecule has 0 bridgehead atoms. The van der Waals surface area contributed by atoms with Crippen LogP contribution in [-0.4, -0.2) is 29.1 Å². The molecule has 19 heavy (non-hydrogen) atoms. The van der Waals surface area contributed by atoms with E-state index in [4.69, 9.17) is 0 Å². The van der Waals surface area contributed by atoms with E-state index in [9.17, 15) is 9.90 Å². The molecule has 0 saturated heterocycles. The van der Waals surface area contributed by atoms with Gasteiger partial charge in [-0.15, -0.1) is 0 Å². The second-order valence-electron chi connectivity index (χ2n) is 5.26. The molecule has 1 N–H and O–H groups in total. The number of hydrogen-bond donors (Lipinski definition) is 1. The molecule has 0 aliphatic heterocycles. The van der Waals surface area contributed by atoms with Gasteiger partial charge in [0, 0.05) is 13.1 Å². The summed E-state index contributed by atoms with van der Waals surface area (Å²) in [7, 11) is 0. The molecule has 1 atom stereocenters. The normalized spacial score (nSPS) is 12.7. The first kappa shape index (κ1) is 16.0. The van der Waals surface area contributed by atoms with Crippen molar-refractivity contribution in [1.82, 2.24) is 4.98 Å². The Labute approximate surface area is 119 Å². The maximum atomic E-state index is 11.3. The smallest absolute Gasteiger partial charge is 0.347 e. The third-order valence-corrected chi connectivity index (χ3v) is 4.27. The molecule has 1 aromatic rings. The fourth-order valence-corrected chi connectivity index (χ4v) is 3.02. The van der Waals surface area contributed by atoms with Crippen molar-refractivity contribution < 1.29 is 9.90 Å². The highest BCUT2D eigenvalue weighted by Crippen LogP contribution is 2.32. The first-order valence-corrected chi connectivity index (χ1v) is 7.71. The Morgan fingerprint density at radius 1 is 1.37 bits per heavy atom. The first-order valence-electron chi connectivity index (χ1n) is 6.89. The fourth-order valence-electron chi connectivity index (χ4n) is 1.92. The summed E-state index contributed by atoms with van der Waals surface area (Å²) >= 11 is 1.30. The van der Waals surface area contributed by atoms with Gasteiger partial charge in [0.2, 0.25) is 0 Å². The number of carboxylic acid groups (broad SMARTS) is 1. The minimum absolute atomic E-state index is 0.189. The van der Waals surface area contributed by atoms with Crippen LogP contribution in [0.25, 0.3) is 0 Å². The number of aromatic nitrogens is 1. The monoisotopic (exact) mass is 284 g/mol. The van der Waals surface area contributed by atoms with E-state index < -0.39 is 5.97 Å². The molecule has 0 fully saturated rings. The zero-order valence-electron chi connectivity index (χ0n) is 12.4. The third kappa shape index (κ3) is 3.93. The van der Waals surface area contributed by atoms with Crippen molar-refractivity contribution in [3.8, 4) is 0 Å². The van der Waals surface area contributed by atoms with Crippen LogP contribution in [-0.2, 0) is 0 Å². The predicted molar refractivity (Wildman–Crippen MR) is 80.5 cm³/mol. The predicted octanol–water partition coefficient (Wildman–Crippen LogP) is 3.84. The Balaban J connectivity index is 3.12. The minimum Gasteiger partial charge on any atom is -0.477 e. The van der Waals surface area contributed by atoms with Gasteiger partial charge in [-0.05, 0) is 25.2 Å². The summed E-state index contributed by atoms with van der Waals surface area (Å²) in [6.07, 6.45) is 0.903. The second kappa shape index (κ2) is 6.89. The topological polar surface area (TPSA) is 53.4 Å². The highest BCUT2D eigenvalue weighted by molar-refractivity contribution is 7.17. The molecule has 0 aromatic carbocycles. The number of anilines is 1. The zero-order chi connectivity index (χ0) is 14.6. The van der Waals surface area contributed by atoms with Crippen molar-refractivity contribution in [2.24, 2.45) is 5.92 Å². The Hall–Kier alpha value is -1.10.